The summed E-state index contributed by atoms with van der Waals surface area (Å²) in [6.07, 6.45) is 0. The van der Waals surface area contributed by atoms with Gasteiger partial charge in [-0.1, -0.05) is 36.4 Å². The van der Waals surface area contributed by atoms with Crippen molar-refractivity contribution < 1.29 is 14.3 Å². The van der Waals surface area contributed by atoms with Crippen molar-refractivity contribution in [1.29, 1.82) is 0 Å². The van der Waals surface area contributed by atoms with Crippen LogP contribution >= 0.6 is 11.8 Å². The second kappa shape index (κ2) is 9.23. The van der Waals surface area contributed by atoms with Crippen LogP contribution in [0, 0.1) is 13.8 Å². The number of nitrogens with one attached hydrogen (secondary N) is 1. The first kappa shape index (κ1) is 19.7. The Morgan fingerprint density at radius 2 is 1.68 bits per heavy atom. The van der Waals surface area contributed by atoms with E-state index in [2.05, 4.69) is 10.4 Å². The van der Waals surface area contributed by atoms with Crippen LogP contribution in [0.2, 0.25) is 0 Å². The van der Waals surface area contributed by atoms with Crippen molar-refractivity contribution >= 4 is 29.3 Å². The lowest BCUT2D eigenvalue weighted by Gasteiger charge is -2.07. The van der Waals surface area contributed by atoms with E-state index >= 15 is 0 Å². The van der Waals surface area contributed by atoms with Crippen LogP contribution in [0.25, 0.3) is 5.69 Å². The molecule has 1 N–H and O–H groups in total. The maximum Gasteiger partial charge on any atom is 0.316 e. The summed E-state index contributed by atoms with van der Waals surface area (Å²) in [6, 6.07) is 18.9. The van der Waals surface area contributed by atoms with Gasteiger partial charge in [-0.25, -0.2) is 4.68 Å². The Labute approximate surface area is 167 Å². The fourth-order valence-corrected chi connectivity index (χ4v) is 3.59. The van der Waals surface area contributed by atoms with Crippen molar-refractivity contribution in [3.05, 3.63) is 72.1 Å². The number of esters is 1. The third-order valence-corrected chi connectivity index (χ3v) is 5.24. The predicted octanol–water partition coefficient (Wildman–Crippen LogP) is 3.76. The fourth-order valence-electron chi connectivity index (χ4n) is 2.70. The third-order valence-electron chi connectivity index (χ3n) is 3.98. The molecule has 0 spiro atoms. The van der Waals surface area contributed by atoms with Gasteiger partial charge in [-0.3, -0.25) is 9.59 Å². The van der Waals surface area contributed by atoms with Crippen molar-refractivity contribution in [2.75, 3.05) is 17.7 Å². The largest absolute Gasteiger partial charge is 0.455 e. The number of amides is 1. The number of benzene rings is 2. The maximum atomic E-state index is 12.0. The number of aryl methyl sites for hydroxylation is 1. The average molecular weight is 395 g/mol. The summed E-state index contributed by atoms with van der Waals surface area (Å²) in [4.78, 5) is 24.8. The number of aromatic nitrogens is 2. The lowest BCUT2D eigenvalue weighted by molar-refractivity contribution is -0.144. The molecule has 0 aliphatic carbocycles. The molecule has 1 amide bonds. The summed E-state index contributed by atoms with van der Waals surface area (Å²) in [5.41, 5.74) is 3.44. The Morgan fingerprint density at radius 1 is 1.04 bits per heavy atom. The van der Waals surface area contributed by atoms with E-state index in [1.165, 1.54) is 11.8 Å². The van der Waals surface area contributed by atoms with Crippen LogP contribution in [-0.4, -0.2) is 34.0 Å². The van der Waals surface area contributed by atoms with Gasteiger partial charge in [0.2, 0.25) is 0 Å². The molecule has 6 nitrogen and oxygen atoms in total. The minimum absolute atomic E-state index is 0.112. The first-order valence-corrected chi connectivity index (χ1v) is 9.78. The van der Waals surface area contributed by atoms with Gasteiger partial charge in [-0.05, 0) is 38.1 Å². The molecule has 0 aliphatic rings. The van der Waals surface area contributed by atoms with E-state index in [1.54, 1.807) is 12.1 Å². The number of carbonyl (C=O) groups is 2. The van der Waals surface area contributed by atoms with Gasteiger partial charge in [-0.15, -0.1) is 11.8 Å². The third kappa shape index (κ3) is 5.01. The SMILES string of the molecule is Cc1nn(-c2ccccc2)c(C)c1SCC(=O)OCC(=O)Nc1ccccc1. The molecule has 2 aromatic carbocycles. The van der Waals surface area contributed by atoms with E-state index in [-0.39, 0.29) is 18.3 Å². The molecule has 144 valence electrons. The van der Waals surface area contributed by atoms with E-state index in [9.17, 15) is 9.59 Å². The zero-order valence-electron chi connectivity index (χ0n) is 15.7. The second-order valence-electron chi connectivity index (χ2n) is 6.11. The number of ether oxygens (including phenoxy) is 1. The van der Waals surface area contributed by atoms with Crippen molar-refractivity contribution in [3.63, 3.8) is 0 Å². The normalized spacial score (nSPS) is 10.5. The molecule has 7 heteroatoms. The van der Waals surface area contributed by atoms with E-state index in [0.717, 1.165) is 22.0 Å². The number of hydrogen-bond donors (Lipinski definition) is 1. The molecule has 0 bridgehead atoms. The molecule has 3 aromatic rings. The summed E-state index contributed by atoms with van der Waals surface area (Å²) in [5, 5.41) is 7.23. The van der Waals surface area contributed by atoms with Crippen LogP contribution in [0.3, 0.4) is 0 Å². The summed E-state index contributed by atoms with van der Waals surface area (Å²) < 4.78 is 6.93. The summed E-state index contributed by atoms with van der Waals surface area (Å²) >= 11 is 1.36. The lowest BCUT2D eigenvalue weighted by Crippen LogP contribution is -2.21. The van der Waals surface area contributed by atoms with Crippen LogP contribution < -0.4 is 5.32 Å². The smallest absolute Gasteiger partial charge is 0.316 e. The van der Waals surface area contributed by atoms with Gasteiger partial charge in [0, 0.05) is 5.69 Å². The Balaban J connectivity index is 1.52. The van der Waals surface area contributed by atoms with Crippen LogP contribution in [0.4, 0.5) is 5.69 Å². The molecule has 1 aromatic heterocycles. The van der Waals surface area contributed by atoms with E-state index in [0.29, 0.717) is 5.69 Å². The molecule has 0 saturated carbocycles. The van der Waals surface area contributed by atoms with Gasteiger partial charge in [-0.2, -0.15) is 5.10 Å². The summed E-state index contributed by atoms with van der Waals surface area (Å²) in [5.74, 6) is -0.700. The molecule has 0 saturated heterocycles. The Morgan fingerprint density at radius 3 is 2.36 bits per heavy atom. The average Bonchev–Trinajstić information content (AvgIpc) is 3.00. The molecule has 0 unspecified atom stereocenters. The molecule has 0 atom stereocenters. The lowest BCUT2D eigenvalue weighted by atomic mass is 10.3. The Kier molecular flexibility index (Phi) is 6.49. The molecule has 0 aliphatic heterocycles. The molecule has 3 rings (SSSR count). The van der Waals surface area contributed by atoms with Crippen molar-refractivity contribution in [2.24, 2.45) is 0 Å². The van der Waals surface area contributed by atoms with Crippen LogP contribution in [0.15, 0.2) is 65.6 Å². The maximum absolute atomic E-state index is 12.0. The highest BCUT2D eigenvalue weighted by atomic mass is 32.2. The van der Waals surface area contributed by atoms with Crippen LogP contribution in [-0.2, 0) is 14.3 Å². The minimum Gasteiger partial charge on any atom is -0.455 e. The fraction of sp³-hybridized carbons (Fsp3) is 0.190. The van der Waals surface area contributed by atoms with Gasteiger partial charge in [0.1, 0.15) is 0 Å². The summed E-state index contributed by atoms with van der Waals surface area (Å²) in [7, 11) is 0. The van der Waals surface area contributed by atoms with Crippen molar-refractivity contribution in [3.8, 4) is 5.69 Å². The zero-order valence-corrected chi connectivity index (χ0v) is 16.5. The first-order chi connectivity index (χ1) is 13.5. The van der Waals surface area contributed by atoms with Crippen LogP contribution in [0.1, 0.15) is 11.4 Å². The van der Waals surface area contributed by atoms with Gasteiger partial charge in [0.05, 0.1) is 27.7 Å². The number of carbonyl (C=O) groups excluding carboxylic acids is 2. The molecule has 1 heterocycles. The van der Waals surface area contributed by atoms with Gasteiger partial charge in [0.25, 0.3) is 5.91 Å². The molecule has 28 heavy (non-hydrogen) atoms. The van der Waals surface area contributed by atoms with E-state index < -0.39 is 5.97 Å². The predicted molar refractivity (Wildman–Crippen MR) is 110 cm³/mol. The topological polar surface area (TPSA) is 73.2 Å². The Hall–Kier alpha value is -3.06. The molecular weight excluding hydrogens is 374 g/mol. The van der Waals surface area contributed by atoms with E-state index in [1.807, 2.05) is 67.1 Å². The van der Waals surface area contributed by atoms with Gasteiger partial charge >= 0.3 is 5.97 Å². The van der Waals surface area contributed by atoms with Crippen molar-refractivity contribution in [2.45, 2.75) is 18.7 Å². The number of nitrogens with zero attached hydrogens (tertiary/aromatic N) is 2. The number of rotatable bonds is 7. The molecular formula is C21H21N3O3S. The molecule has 0 fully saturated rings. The number of hydrogen-bond acceptors (Lipinski definition) is 5. The molecule has 0 radical (unpaired) electrons. The Bertz CT molecular complexity index is 956. The zero-order chi connectivity index (χ0) is 19.9. The number of thioether (sulfide) groups is 1. The quantitative estimate of drug-likeness (QED) is 0.487. The number of anilines is 1. The second-order valence-corrected chi connectivity index (χ2v) is 7.10. The number of para-hydroxylation sites is 2. The highest BCUT2D eigenvalue weighted by molar-refractivity contribution is 8.00. The van der Waals surface area contributed by atoms with E-state index in [4.69, 9.17) is 4.74 Å². The highest BCUT2D eigenvalue weighted by Crippen LogP contribution is 2.27. The monoisotopic (exact) mass is 395 g/mol. The van der Waals surface area contributed by atoms with Crippen LogP contribution in [0.5, 0.6) is 0 Å². The standard InChI is InChI=1S/C21H21N3O3S/c1-15-21(16(2)24(23-15)18-11-7-4-8-12-18)28-14-20(26)27-13-19(25)22-17-9-5-3-6-10-17/h3-12H,13-14H2,1-2H3,(H,22,25). The first-order valence-electron chi connectivity index (χ1n) is 8.79. The van der Waals surface area contributed by atoms with Gasteiger partial charge in [0.15, 0.2) is 6.61 Å². The minimum atomic E-state index is -0.445. The van der Waals surface area contributed by atoms with Crippen molar-refractivity contribution in [1.82, 2.24) is 9.78 Å². The summed E-state index contributed by atoms with van der Waals surface area (Å²) in [6.45, 7) is 3.57. The van der Waals surface area contributed by atoms with Gasteiger partial charge < -0.3 is 10.1 Å². The highest BCUT2D eigenvalue weighted by Gasteiger charge is 2.16.